The van der Waals surface area contributed by atoms with Gasteiger partial charge in [0.15, 0.2) is 0 Å². The van der Waals surface area contributed by atoms with Crippen molar-refractivity contribution in [3.63, 3.8) is 0 Å². The number of nitrogen functional groups attached to an aromatic ring is 1. The summed E-state index contributed by atoms with van der Waals surface area (Å²) in [6, 6.07) is 8.66. The molecular formula is C14H7Cl4N. The van der Waals surface area contributed by atoms with E-state index in [1.54, 1.807) is 12.1 Å². The van der Waals surface area contributed by atoms with Gasteiger partial charge >= 0.3 is 0 Å². The highest BCUT2D eigenvalue weighted by Crippen LogP contribution is 2.36. The fourth-order valence-corrected chi connectivity index (χ4v) is 2.34. The highest BCUT2D eigenvalue weighted by atomic mass is 35.5. The van der Waals surface area contributed by atoms with Gasteiger partial charge in [0.1, 0.15) is 0 Å². The molecule has 0 radical (unpaired) electrons. The summed E-state index contributed by atoms with van der Waals surface area (Å²) < 4.78 is 0. The Kier molecular flexibility index (Phi) is 4.50. The number of rotatable bonds is 0. The van der Waals surface area contributed by atoms with E-state index in [9.17, 15) is 0 Å². The summed E-state index contributed by atoms with van der Waals surface area (Å²) in [5, 5.41) is 1.20. The van der Waals surface area contributed by atoms with Crippen molar-refractivity contribution in [1.29, 1.82) is 0 Å². The molecule has 2 N–H and O–H groups in total. The largest absolute Gasteiger partial charge is 0.399 e. The molecule has 0 saturated carbocycles. The molecule has 0 aromatic heterocycles. The van der Waals surface area contributed by atoms with Crippen LogP contribution in [0.25, 0.3) is 0 Å². The summed E-state index contributed by atoms with van der Waals surface area (Å²) in [7, 11) is 0. The Morgan fingerprint density at radius 2 is 1.47 bits per heavy atom. The third-order valence-corrected chi connectivity index (χ3v) is 3.91. The van der Waals surface area contributed by atoms with Gasteiger partial charge < -0.3 is 5.73 Å². The zero-order chi connectivity index (χ0) is 14.0. The summed E-state index contributed by atoms with van der Waals surface area (Å²) >= 11 is 24.0. The first kappa shape index (κ1) is 14.4. The van der Waals surface area contributed by atoms with E-state index in [4.69, 9.17) is 52.1 Å². The molecule has 1 nitrogen and oxygen atoms in total. The van der Waals surface area contributed by atoms with Crippen molar-refractivity contribution >= 4 is 52.1 Å². The van der Waals surface area contributed by atoms with Crippen molar-refractivity contribution < 1.29 is 0 Å². The van der Waals surface area contributed by atoms with Crippen LogP contribution in [-0.4, -0.2) is 0 Å². The Morgan fingerprint density at radius 1 is 0.842 bits per heavy atom. The third-order valence-electron chi connectivity index (χ3n) is 2.33. The molecular weight excluding hydrogens is 324 g/mol. The van der Waals surface area contributed by atoms with Gasteiger partial charge in [-0.15, -0.1) is 0 Å². The van der Waals surface area contributed by atoms with Crippen LogP contribution >= 0.6 is 46.4 Å². The van der Waals surface area contributed by atoms with Gasteiger partial charge in [-0.3, -0.25) is 0 Å². The van der Waals surface area contributed by atoms with Crippen LogP contribution in [-0.2, 0) is 0 Å². The quantitative estimate of drug-likeness (QED) is 0.397. The maximum atomic E-state index is 6.07. The molecule has 0 saturated heterocycles. The van der Waals surface area contributed by atoms with Gasteiger partial charge in [0.2, 0.25) is 0 Å². The predicted octanol–water partition coefficient (Wildman–Crippen LogP) is 5.28. The molecule has 19 heavy (non-hydrogen) atoms. The molecule has 0 unspecified atom stereocenters. The van der Waals surface area contributed by atoms with Crippen LogP contribution in [0.4, 0.5) is 5.69 Å². The van der Waals surface area contributed by atoms with Crippen LogP contribution in [0.15, 0.2) is 30.3 Å². The topological polar surface area (TPSA) is 26.0 Å². The van der Waals surface area contributed by atoms with Crippen LogP contribution in [0.1, 0.15) is 11.1 Å². The van der Waals surface area contributed by atoms with Crippen molar-refractivity contribution in [2.24, 2.45) is 0 Å². The lowest BCUT2D eigenvalue weighted by atomic mass is 10.1. The minimum absolute atomic E-state index is 0.285. The van der Waals surface area contributed by atoms with Crippen molar-refractivity contribution in [1.82, 2.24) is 0 Å². The number of hydrogen-bond acceptors (Lipinski definition) is 1. The molecule has 0 spiro atoms. The Balaban J connectivity index is 2.51. The number of benzene rings is 2. The van der Waals surface area contributed by atoms with Crippen LogP contribution in [0.5, 0.6) is 0 Å². The Labute approximate surface area is 131 Å². The van der Waals surface area contributed by atoms with Crippen LogP contribution in [0, 0.1) is 11.8 Å². The van der Waals surface area contributed by atoms with Crippen LogP contribution < -0.4 is 5.73 Å². The second-order valence-corrected chi connectivity index (χ2v) is 5.29. The van der Waals surface area contributed by atoms with E-state index in [2.05, 4.69) is 11.8 Å². The molecule has 0 aliphatic carbocycles. The molecule has 0 amide bonds. The monoisotopic (exact) mass is 329 g/mol. The minimum atomic E-state index is 0.285. The van der Waals surface area contributed by atoms with E-state index in [1.807, 2.05) is 12.1 Å². The van der Waals surface area contributed by atoms with Crippen molar-refractivity contribution in [2.75, 3.05) is 5.73 Å². The molecule has 5 heteroatoms. The molecule has 0 aliphatic rings. The first-order valence-electron chi connectivity index (χ1n) is 5.19. The Hall–Kier alpha value is -1.04. The molecule has 0 fully saturated rings. The zero-order valence-corrected chi connectivity index (χ0v) is 12.5. The lowest BCUT2D eigenvalue weighted by Gasteiger charge is -2.04. The molecule has 0 atom stereocenters. The predicted molar refractivity (Wildman–Crippen MR) is 83.3 cm³/mol. The van der Waals surface area contributed by atoms with E-state index in [1.165, 1.54) is 6.07 Å². The van der Waals surface area contributed by atoms with Crippen LogP contribution in [0.2, 0.25) is 20.1 Å². The number of halogens is 4. The third kappa shape index (κ3) is 3.29. The minimum Gasteiger partial charge on any atom is -0.399 e. The first-order valence-corrected chi connectivity index (χ1v) is 6.71. The van der Waals surface area contributed by atoms with E-state index in [-0.39, 0.29) is 10.0 Å². The summed E-state index contributed by atoms with van der Waals surface area (Å²) in [5.74, 6) is 5.79. The van der Waals surface area contributed by atoms with Gasteiger partial charge in [0, 0.05) is 11.3 Å². The average Bonchev–Trinajstić information content (AvgIpc) is 2.36. The Bertz CT molecular complexity index is 672. The second-order valence-electron chi connectivity index (χ2n) is 3.72. The van der Waals surface area contributed by atoms with E-state index < -0.39 is 0 Å². The van der Waals surface area contributed by atoms with Crippen molar-refractivity contribution in [2.45, 2.75) is 0 Å². The molecule has 0 aliphatic heterocycles. The molecule has 2 rings (SSSR count). The zero-order valence-electron chi connectivity index (χ0n) is 9.48. The smallest absolute Gasteiger partial charge is 0.0765 e. The maximum Gasteiger partial charge on any atom is 0.0765 e. The normalized spacial score (nSPS) is 9.89. The summed E-state index contributed by atoms with van der Waals surface area (Å²) in [4.78, 5) is 0. The standard InChI is InChI=1S/C14H7Cl4N/c15-11-7-12(16)14(18)10(13(11)17)5-4-8-2-1-3-9(19)6-8/h1-3,6-7H,19H2. The van der Waals surface area contributed by atoms with Gasteiger partial charge in [-0.1, -0.05) is 64.3 Å². The summed E-state index contributed by atoms with van der Waals surface area (Å²) in [5.41, 5.74) is 7.46. The average molecular weight is 331 g/mol. The van der Waals surface area contributed by atoms with Gasteiger partial charge in [-0.2, -0.15) is 0 Å². The summed E-state index contributed by atoms with van der Waals surface area (Å²) in [6.45, 7) is 0. The molecule has 2 aromatic carbocycles. The molecule has 2 aromatic rings. The number of anilines is 1. The van der Waals surface area contributed by atoms with Crippen molar-refractivity contribution in [3.05, 3.63) is 61.5 Å². The molecule has 0 bridgehead atoms. The highest BCUT2D eigenvalue weighted by molar-refractivity contribution is 6.48. The fourth-order valence-electron chi connectivity index (χ4n) is 1.43. The SMILES string of the molecule is Nc1cccc(C#Cc2c(Cl)c(Cl)cc(Cl)c2Cl)c1. The number of hydrogen-bond donors (Lipinski definition) is 1. The lowest BCUT2D eigenvalue weighted by molar-refractivity contribution is 1.61. The first-order chi connectivity index (χ1) is 8.99. The van der Waals surface area contributed by atoms with E-state index >= 15 is 0 Å². The lowest BCUT2D eigenvalue weighted by Crippen LogP contribution is -1.86. The van der Waals surface area contributed by atoms with Gasteiger partial charge in [-0.25, -0.2) is 0 Å². The van der Waals surface area contributed by atoms with Gasteiger partial charge in [0.25, 0.3) is 0 Å². The second kappa shape index (κ2) is 5.94. The highest BCUT2D eigenvalue weighted by Gasteiger charge is 2.11. The van der Waals surface area contributed by atoms with Crippen molar-refractivity contribution in [3.8, 4) is 11.8 Å². The van der Waals surface area contributed by atoms with E-state index in [0.29, 0.717) is 21.3 Å². The molecule has 0 heterocycles. The fraction of sp³-hybridized carbons (Fsp3) is 0. The Morgan fingerprint density at radius 3 is 2.05 bits per heavy atom. The number of nitrogens with two attached hydrogens (primary N) is 1. The van der Waals surface area contributed by atoms with Gasteiger partial charge in [-0.05, 0) is 24.3 Å². The van der Waals surface area contributed by atoms with Crippen LogP contribution in [0.3, 0.4) is 0 Å². The van der Waals surface area contributed by atoms with Gasteiger partial charge in [0.05, 0.1) is 25.7 Å². The molecule has 96 valence electrons. The maximum absolute atomic E-state index is 6.07. The summed E-state index contributed by atoms with van der Waals surface area (Å²) in [6.07, 6.45) is 0. The van der Waals surface area contributed by atoms with E-state index in [0.717, 1.165) is 5.56 Å².